The van der Waals surface area contributed by atoms with Gasteiger partial charge >= 0.3 is 0 Å². The minimum absolute atomic E-state index is 0.137. The number of aromatic nitrogens is 1. The Balaban J connectivity index is 1.63. The van der Waals surface area contributed by atoms with Crippen LogP contribution < -0.4 is 11.1 Å². The van der Waals surface area contributed by atoms with Gasteiger partial charge in [-0.15, -0.1) is 12.3 Å². The van der Waals surface area contributed by atoms with E-state index in [2.05, 4.69) is 26.4 Å². The average Bonchev–Trinajstić information content (AvgIpc) is 3.31. The number of amides is 1. The molecule has 2 heterocycles. The molecule has 0 saturated heterocycles. The maximum absolute atomic E-state index is 11.9. The Morgan fingerprint density at radius 2 is 2.09 bits per heavy atom. The smallest absolute Gasteiger partial charge is 0.236 e. The molecule has 1 unspecified atom stereocenters. The summed E-state index contributed by atoms with van der Waals surface area (Å²) in [6.45, 7) is 0.513. The summed E-state index contributed by atoms with van der Waals surface area (Å²) in [5.74, 6) is 2.44. The van der Waals surface area contributed by atoms with Gasteiger partial charge in [0.1, 0.15) is 0 Å². The van der Waals surface area contributed by atoms with Crippen LogP contribution >= 0.6 is 0 Å². The summed E-state index contributed by atoms with van der Waals surface area (Å²) in [7, 11) is 0. The zero-order chi connectivity index (χ0) is 15.8. The van der Waals surface area contributed by atoms with Crippen molar-refractivity contribution >= 4 is 5.91 Å². The molecule has 0 fully saturated rings. The standard InChI is InChI=1S/C16H21N5O/c1-2-3-8-16(20-21-16)9-12-19-15(22)14(17)5-4-13-6-10-18-11-7-13/h1,6-7,10-11,14H,3-5,8-9,12,17H2,(H,19,22). The zero-order valence-corrected chi connectivity index (χ0v) is 12.5. The van der Waals surface area contributed by atoms with Gasteiger partial charge in [-0.05, 0) is 30.5 Å². The molecule has 1 aliphatic heterocycles. The highest BCUT2D eigenvalue weighted by Crippen LogP contribution is 2.35. The summed E-state index contributed by atoms with van der Waals surface area (Å²) in [5.41, 5.74) is 6.68. The second-order valence-corrected chi connectivity index (χ2v) is 5.43. The molecule has 6 nitrogen and oxygen atoms in total. The molecule has 116 valence electrons. The molecule has 6 heteroatoms. The van der Waals surface area contributed by atoms with E-state index in [0.29, 0.717) is 25.8 Å². The third-order valence-electron chi connectivity index (χ3n) is 3.71. The number of aryl methyl sites for hydroxylation is 1. The Kier molecular flexibility index (Phi) is 5.61. The lowest BCUT2D eigenvalue weighted by molar-refractivity contribution is -0.122. The molecule has 1 aliphatic rings. The van der Waals surface area contributed by atoms with Gasteiger partial charge in [-0.2, -0.15) is 10.2 Å². The number of nitrogens with two attached hydrogens (primary N) is 1. The second kappa shape index (κ2) is 7.66. The third kappa shape index (κ3) is 4.93. The van der Waals surface area contributed by atoms with Crippen LogP contribution in [0.3, 0.4) is 0 Å². The van der Waals surface area contributed by atoms with Crippen molar-refractivity contribution < 1.29 is 4.79 Å². The molecule has 1 aromatic heterocycles. The molecular formula is C16H21N5O. The number of nitrogens with zero attached hydrogens (tertiary/aromatic N) is 3. The summed E-state index contributed by atoms with van der Waals surface area (Å²) >= 11 is 0. The van der Waals surface area contributed by atoms with E-state index in [1.54, 1.807) is 12.4 Å². The molecule has 1 amide bonds. The summed E-state index contributed by atoms with van der Waals surface area (Å²) in [6, 6.07) is 3.34. The van der Waals surface area contributed by atoms with E-state index in [1.807, 2.05) is 12.1 Å². The summed E-state index contributed by atoms with van der Waals surface area (Å²) < 4.78 is 0. The molecule has 0 radical (unpaired) electrons. The Labute approximate surface area is 130 Å². The van der Waals surface area contributed by atoms with Crippen molar-refractivity contribution in [3.05, 3.63) is 30.1 Å². The van der Waals surface area contributed by atoms with Gasteiger partial charge in [-0.3, -0.25) is 9.78 Å². The van der Waals surface area contributed by atoms with Gasteiger partial charge in [0, 0.05) is 38.2 Å². The molecule has 1 aromatic rings. The first kappa shape index (κ1) is 16.1. The van der Waals surface area contributed by atoms with Gasteiger partial charge in [0.15, 0.2) is 5.66 Å². The Morgan fingerprint density at radius 1 is 1.36 bits per heavy atom. The predicted octanol–water partition coefficient (Wildman–Crippen LogP) is 1.42. The summed E-state index contributed by atoms with van der Waals surface area (Å²) in [5, 5.41) is 10.9. The monoisotopic (exact) mass is 299 g/mol. The number of carbonyl (C=O) groups excluding carboxylic acids is 1. The van der Waals surface area contributed by atoms with Gasteiger partial charge in [-0.1, -0.05) is 0 Å². The highest BCUT2D eigenvalue weighted by atomic mass is 16.2. The van der Waals surface area contributed by atoms with Gasteiger partial charge < -0.3 is 11.1 Å². The normalized spacial score (nSPS) is 15.8. The van der Waals surface area contributed by atoms with Crippen molar-refractivity contribution in [1.29, 1.82) is 0 Å². The Bertz CT molecular complexity index is 558. The third-order valence-corrected chi connectivity index (χ3v) is 3.71. The number of nitrogens with one attached hydrogen (secondary N) is 1. The van der Waals surface area contributed by atoms with Gasteiger partial charge in [0.2, 0.25) is 5.91 Å². The van der Waals surface area contributed by atoms with E-state index >= 15 is 0 Å². The molecule has 2 rings (SSSR count). The van der Waals surface area contributed by atoms with Crippen LogP contribution in [0, 0.1) is 12.3 Å². The molecule has 0 saturated carbocycles. The van der Waals surface area contributed by atoms with Crippen LogP contribution in [0.5, 0.6) is 0 Å². The molecule has 0 aromatic carbocycles. The lowest BCUT2D eigenvalue weighted by Gasteiger charge is -2.14. The zero-order valence-electron chi connectivity index (χ0n) is 12.5. The van der Waals surface area contributed by atoms with E-state index in [-0.39, 0.29) is 11.6 Å². The minimum Gasteiger partial charge on any atom is -0.355 e. The molecule has 0 aliphatic carbocycles. The van der Waals surface area contributed by atoms with E-state index in [4.69, 9.17) is 12.2 Å². The molecular weight excluding hydrogens is 278 g/mol. The number of carbonyl (C=O) groups is 1. The molecule has 0 spiro atoms. The topological polar surface area (TPSA) is 92.7 Å². The molecule has 3 N–H and O–H groups in total. The van der Waals surface area contributed by atoms with E-state index in [1.165, 1.54) is 0 Å². The highest BCUT2D eigenvalue weighted by molar-refractivity contribution is 5.81. The lowest BCUT2D eigenvalue weighted by Crippen LogP contribution is -2.42. The fraction of sp³-hybridized carbons (Fsp3) is 0.500. The number of pyridine rings is 1. The fourth-order valence-corrected chi connectivity index (χ4v) is 2.19. The van der Waals surface area contributed by atoms with Gasteiger partial charge in [0.25, 0.3) is 0 Å². The number of hydrogen-bond acceptors (Lipinski definition) is 5. The van der Waals surface area contributed by atoms with Crippen molar-refractivity contribution in [2.75, 3.05) is 6.54 Å². The Morgan fingerprint density at radius 3 is 2.73 bits per heavy atom. The first-order valence-electron chi connectivity index (χ1n) is 7.45. The second-order valence-electron chi connectivity index (χ2n) is 5.43. The van der Waals surface area contributed by atoms with Crippen molar-refractivity contribution in [3.63, 3.8) is 0 Å². The quantitative estimate of drug-likeness (QED) is 0.675. The Hall–Kier alpha value is -2.26. The van der Waals surface area contributed by atoms with E-state index < -0.39 is 6.04 Å². The van der Waals surface area contributed by atoms with Crippen LogP contribution in [0.4, 0.5) is 0 Å². The van der Waals surface area contributed by atoms with Crippen molar-refractivity contribution in [3.8, 4) is 12.3 Å². The number of terminal acetylenes is 1. The van der Waals surface area contributed by atoms with Crippen molar-refractivity contribution in [2.24, 2.45) is 16.0 Å². The first-order chi connectivity index (χ1) is 10.7. The number of rotatable bonds is 9. The largest absolute Gasteiger partial charge is 0.355 e. The minimum atomic E-state index is -0.511. The molecule has 1 atom stereocenters. The van der Waals surface area contributed by atoms with Crippen LogP contribution in [-0.2, 0) is 11.2 Å². The predicted molar refractivity (Wildman–Crippen MR) is 83.8 cm³/mol. The highest BCUT2D eigenvalue weighted by Gasteiger charge is 2.38. The van der Waals surface area contributed by atoms with Crippen LogP contribution in [0.1, 0.15) is 31.2 Å². The van der Waals surface area contributed by atoms with Crippen LogP contribution in [-0.4, -0.2) is 29.1 Å². The number of hydrogen-bond donors (Lipinski definition) is 2. The van der Waals surface area contributed by atoms with Gasteiger partial charge in [-0.25, -0.2) is 0 Å². The van der Waals surface area contributed by atoms with Crippen molar-refractivity contribution in [1.82, 2.24) is 10.3 Å². The van der Waals surface area contributed by atoms with E-state index in [0.717, 1.165) is 18.4 Å². The van der Waals surface area contributed by atoms with Crippen LogP contribution in [0.25, 0.3) is 0 Å². The molecule has 0 bridgehead atoms. The van der Waals surface area contributed by atoms with Crippen LogP contribution in [0.15, 0.2) is 34.8 Å². The van der Waals surface area contributed by atoms with Crippen LogP contribution in [0.2, 0.25) is 0 Å². The molecule has 22 heavy (non-hydrogen) atoms. The van der Waals surface area contributed by atoms with Gasteiger partial charge in [0.05, 0.1) is 6.04 Å². The summed E-state index contributed by atoms with van der Waals surface area (Å²) in [6.07, 6.45) is 12.1. The average molecular weight is 299 g/mol. The maximum Gasteiger partial charge on any atom is 0.236 e. The van der Waals surface area contributed by atoms with E-state index in [9.17, 15) is 4.79 Å². The SMILES string of the molecule is C#CCCC1(CCNC(=O)C(N)CCc2ccncc2)N=N1. The summed E-state index contributed by atoms with van der Waals surface area (Å²) in [4.78, 5) is 15.9. The first-order valence-corrected chi connectivity index (χ1v) is 7.45. The van der Waals surface area contributed by atoms with Crippen molar-refractivity contribution in [2.45, 2.75) is 43.8 Å². The lowest BCUT2D eigenvalue weighted by atomic mass is 10.0. The fourth-order valence-electron chi connectivity index (χ4n) is 2.19. The maximum atomic E-state index is 11.9.